The molecule has 2 aromatic heterocycles. The van der Waals surface area contributed by atoms with Crippen molar-refractivity contribution < 1.29 is 4.42 Å². The van der Waals surface area contributed by atoms with Crippen LogP contribution in [0.25, 0.3) is 49.4 Å². The summed E-state index contributed by atoms with van der Waals surface area (Å²) in [6.45, 7) is 5.04. The molecule has 0 N–H and O–H groups in total. The van der Waals surface area contributed by atoms with Crippen LogP contribution in [0.1, 0.15) is 45.1 Å². The van der Waals surface area contributed by atoms with Gasteiger partial charge in [-0.25, -0.2) is 0 Å². The van der Waals surface area contributed by atoms with Crippen molar-refractivity contribution in [3.05, 3.63) is 200 Å². The van der Waals surface area contributed by atoms with Gasteiger partial charge in [0.15, 0.2) is 0 Å². The van der Waals surface area contributed by atoms with Crippen LogP contribution in [0.15, 0.2) is 199 Å². The molecular weight excluding hydrogens is 789 g/mol. The first-order valence-corrected chi connectivity index (χ1v) is 25.8. The molecule has 2 aliphatic rings. The van der Waals surface area contributed by atoms with Crippen molar-refractivity contribution in [3.8, 4) is 5.69 Å². The Morgan fingerprint density at radius 1 is 0.450 bits per heavy atom. The number of fused-ring (bicyclic) bond motifs is 9. The van der Waals surface area contributed by atoms with Crippen LogP contribution in [0, 0.1) is 0 Å². The van der Waals surface area contributed by atoms with E-state index in [4.69, 9.17) is 4.42 Å². The Morgan fingerprint density at radius 3 is 1.80 bits per heavy atom. The van der Waals surface area contributed by atoms with Crippen molar-refractivity contribution in [2.75, 3.05) is 4.90 Å². The van der Waals surface area contributed by atoms with Crippen LogP contribution in [0.5, 0.6) is 0 Å². The van der Waals surface area contributed by atoms with Gasteiger partial charge < -0.3 is 0 Å². The van der Waals surface area contributed by atoms with Gasteiger partial charge >= 0.3 is 343 Å². The summed E-state index contributed by atoms with van der Waals surface area (Å²) < 4.78 is 14.8. The first kappa shape index (κ1) is 35.6. The number of hydrogen-bond acceptors (Lipinski definition) is 2. The van der Waals surface area contributed by atoms with Gasteiger partial charge in [-0.1, -0.05) is 12.5 Å². The molecule has 3 nitrogen and oxygen atoms in total. The van der Waals surface area contributed by atoms with E-state index in [0.29, 0.717) is 0 Å². The second kappa shape index (κ2) is 13.4. The molecule has 4 heteroatoms. The quantitative estimate of drug-likeness (QED) is 0.156. The van der Waals surface area contributed by atoms with Crippen molar-refractivity contribution in [2.45, 2.75) is 50.5 Å². The van der Waals surface area contributed by atoms with E-state index in [1.165, 1.54) is 87.7 Å². The Balaban J connectivity index is 1.14. The van der Waals surface area contributed by atoms with Gasteiger partial charge in [0.1, 0.15) is 0 Å². The van der Waals surface area contributed by atoms with Gasteiger partial charge in [-0.05, 0) is 0 Å². The molecule has 0 amide bonds. The van der Waals surface area contributed by atoms with Crippen molar-refractivity contribution in [2.24, 2.45) is 0 Å². The molecule has 290 valence electrons. The molecule has 0 bridgehead atoms. The van der Waals surface area contributed by atoms with Crippen molar-refractivity contribution in [3.63, 3.8) is 0 Å². The molecule has 8 aromatic carbocycles. The van der Waals surface area contributed by atoms with Crippen LogP contribution in [0.3, 0.4) is 0 Å². The molecule has 10 aromatic rings. The molecule has 0 spiro atoms. The van der Waals surface area contributed by atoms with Crippen LogP contribution in [0.2, 0.25) is 0 Å². The fourth-order valence-corrected chi connectivity index (χ4v) is 21.7. The van der Waals surface area contributed by atoms with Gasteiger partial charge in [0.2, 0.25) is 0 Å². The van der Waals surface area contributed by atoms with Gasteiger partial charge in [-0.15, -0.1) is 0 Å². The molecular formula is C56H46GeN2O. The van der Waals surface area contributed by atoms with Crippen LogP contribution >= 0.6 is 0 Å². The Hall–Kier alpha value is -6.30. The Kier molecular flexibility index (Phi) is 7.93. The predicted molar refractivity (Wildman–Crippen MR) is 254 cm³/mol. The molecule has 0 saturated heterocycles. The van der Waals surface area contributed by atoms with Gasteiger partial charge in [0.05, 0.1) is 0 Å². The fraction of sp³-hybridized carbons (Fsp3) is 0.143. The molecule has 2 unspecified atom stereocenters. The SMILES string of the molecule is CC12CCCCC1(C)N(c1ccc3c(c1)c1cc4oc5ccccc5c4cc1n3-c1ccc[c]([Ge]([c]3ccccc3)([c]3ccccc3)[c]3ccccc3)c1)c1ccccc12. The number of anilines is 2. The van der Waals surface area contributed by atoms with Gasteiger partial charge in [-0.3, -0.25) is 0 Å². The maximum atomic E-state index is 6.60. The minimum absolute atomic E-state index is 0.0246. The van der Waals surface area contributed by atoms with E-state index in [0.717, 1.165) is 21.9 Å². The van der Waals surface area contributed by atoms with Crippen molar-refractivity contribution >= 4 is 86.0 Å². The summed E-state index contributed by atoms with van der Waals surface area (Å²) in [4.78, 5) is 2.70. The van der Waals surface area contributed by atoms with Gasteiger partial charge in [0, 0.05) is 0 Å². The monoisotopic (exact) mass is 836 g/mol. The minimum atomic E-state index is -3.55. The summed E-state index contributed by atoms with van der Waals surface area (Å²) >= 11 is -3.55. The normalized spacial score (nSPS) is 19.0. The summed E-state index contributed by atoms with van der Waals surface area (Å²) in [6, 6.07) is 73.0. The summed E-state index contributed by atoms with van der Waals surface area (Å²) in [5.41, 5.74) is 9.55. The molecule has 0 radical (unpaired) electrons. The Morgan fingerprint density at radius 2 is 1.07 bits per heavy atom. The van der Waals surface area contributed by atoms with Crippen LogP contribution < -0.4 is 22.5 Å². The molecule has 1 saturated carbocycles. The zero-order valence-corrected chi connectivity index (χ0v) is 36.2. The van der Waals surface area contributed by atoms with E-state index in [-0.39, 0.29) is 11.0 Å². The topological polar surface area (TPSA) is 21.3 Å². The fourth-order valence-electron chi connectivity index (χ4n) is 11.7. The molecule has 1 aliphatic heterocycles. The standard InChI is InChI=1S/C56H46GeN2O/c1-55-33-16-17-34-56(55,2)59(51-29-14-13-28-49(51)55)44-31-32-50-46(36-44)47-38-54-48(45-27-12-15-30-53(45)60-54)37-52(47)58(50)43-26-18-25-42(35-43)57(39-19-6-3-7-20-39,40-21-8-4-9-22-40)41-23-10-5-11-24-41/h3-15,18-32,35-38H,16-17,33-34H2,1-2H3. The van der Waals surface area contributed by atoms with Gasteiger partial charge in [0.25, 0.3) is 0 Å². The number of aromatic nitrogens is 1. The van der Waals surface area contributed by atoms with E-state index in [9.17, 15) is 0 Å². The second-order valence-corrected chi connectivity index (χ2v) is 25.6. The van der Waals surface area contributed by atoms with Crippen LogP contribution in [-0.2, 0) is 5.41 Å². The van der Waals surface area contributed by atoms with Crippen LogP contribution in [0.4, 0.5) is 11.4 Å². The zero-order chi connectivity index (χ0) is 40.1. The predicted octanol–water partition coefficient (Wildman–Crippen LogP) is 11.8. The Bertz CT molecular complexity index is 3160. The average Bonchev–Trinajstić information content (AvgIpc) is 3.89. The molecule has 60 heavy (non-hydrogen) atoms. The molecule has 12 rings (SSSR count). The van der Waals surface area contributed by atoms with E-state index in [1.54, 1.807) is 0 Å². The second-order valence-electron chi connectivity index (χ2n) is 17.6. The van der Waals surface area contributed by atoms with E-state index < -0.39 is 13.3 Å². The number of hydrogen-bond donors (Lipinski definition) is 0. The third-order valence-corrected chi connectivity index (χ3v) is 24.7. The van der Waals surface area contributed by atoms with E-state index >= 15 is 0 Å². The maximum absolute atomic E-state index is 6.60. The number of benzene rings is 8. The summed E-state index contributed by atoms with van der Waals surface area (Å²) in [6.07, 6.45) is 4.90. The third-order valence-electron chi connectivity index (χ3n) is 14.7. The average molecular weight is 836 g/mol. The van der Waals surface area contributed by atoms with Crippen LogP contribution in [-0.4, -0.2) is 23.4 Å². The first-order valence-electron chi connectivity index (χ1n) is 21.6. The first-order chi connectivity index (χ1) is 29.5. The summed E-state index contributed by atoms with van der Waals surface area (Å²) in [5.74, 6) is 0. The molecule has 1 aliphatic carbocycles. The summed E-state index contributed by atoms with van der Waals surface area (Å²) in [7, 11) is 0. The number of para-hydroxylation sites is 2. The van der Waals surface area contributed by atoms with Crippen molar-refractivity contribution in [1.82, 2.24) is 4.57 Å². The number of furan rings is 1. The van der Waals surface area contributed by atoms with E-state index in [1.807, 2.05) is 0 Å². The third kappa shape index (κ3) is 4.90. The molecule has 2 atom stereocenters. The molecule has 3 heterocycles. The summed E-state index contributed by atoms with van der Waals surface area (Å²) in [5, 5.41) is 4.73. The van der Waals surface area contributed by atoms with E-state index in [2.05, 4.69) is 217 Å². The van der Waals surface area contributed by atoms with Gasteiger partial charge in [-0.2, -0.15) is 0 Å². The zero-order valence-electron chi connectivity index (χ0n) is 34.1. The molecule has 1 fully saturated rings. The number of nitrogens with zero attached hydrogens (tertiary/aromatic N) is 2. The Labute approximate surface area is 353 Å². The number of rotatable bonds is 6. The van der Waals surface area contributed by atoms with Crippen molar-refractivity contribution in [1.29, 1.82) is 0 Å².